The minimum absolute atomic E-state index is 0.0947. The van der Waals surface area contributed by atoms with E-state index >= 15 is 0 Å². The second kappa shape index (κ2) is 9.71. The van der Waals surface area contributed by atoms with Crippen molar-refractivity contribution in [3.63, 3.8) is 0 Å². The Bertz CT molecular complexity index is 2710. The molecule has 0 amide bonds. The molecule has 3 aromatic heterocycles. The van der Waals surface area contributed by atoms with Crippen LogP contribution in [0, 0.1) is 0 Å². The number of rotatable bonds is 3. The fourth-order valence-electron chi connectivity index (χ4n) is 7.75. The average molecular weight is 620 g/mol. The van der Waals surface area contributed by atoms with E-state index in [4.69, 9.17) is 9.97 Å². The smallest absolute Gasteiger partial charge is 0.235 e. The van der Waals surface area contributed by atoms with Gasteiger partial charge < -0.3 is 0 Å². The Hall–Kier alpha value is -5.58. The summed E-state index contributed by atoms with van der Waals surface area (Å²) in [6.07, 6.45) is 0. The van der Waals surface area contributed by atoms with Crippen LogP contribution in [-0.2, 0) is 5.41 Å². The fourth-order valence-corrected chi connectivity index (χ4v) is 9.01. The maximum atomic E-state index is 5.37. The van der Waals surface area contributed by atoms with Gasteiger partial charge in [-0.1, -0.05) is 123 Å². The largest absolute Gasteiger partial charge is 0.278 e. The lowest BCUT2D eigenvalue weighted by molar-refractivity contribution is 0.660. The monoisotopic (exact) mass is 619 g/mol. The van der Waals surface area contributed by atoms with Crippen molar-refractivity contribution in [1.29, 1.82) is 0 Å². The van der Waals surface area contributed by atoms with Crippen molar-refractivity contribution in [3.8, 4) is 39.6 Å². The molecule has 0 N–H and O–H groups in total. The third-order valence-corrected chi connectivity index (χ3v) is 11.2. The maximum Gasteiger partial charge on any atom is 0.235 e. The molecule has 10 rings (SSSR count). The third kappa shape index (κ3) is 3.79. The van der Waals surface area contributed by atoms with Crippen LogP contribution >= 0.6 is 11.3 Å². The molecule has 6 aromatic carbocycles. The lowest BCUT2D eigenvalue weighted by Crippen LogP contribution is -2.15. The summed E-state index contributed by atoms with van der Waals surface area (Å²) in [5.41, 5.74) is 11.5. The van der Waals surface area contributed by atoms with Gasteiger partial charge in [0.1, 0.15) is 0 Å². The third-order valence-electron chi connectivity index (χ3n) is 10.0. The molecule has 222 valence electrons. The van der Waals surface area contributed by atoms with Crippen LogP contribution in [0.5, 0.6) is 0 Å². The van der Waals surface area contributed by atoms with Crippen LogP contribution in [0.3, 0.4) is 0 Å². The number of nitrogens with zero attached hydrogens (tertiary/aromatic N) is 3. The topological polar surface area (TPSA) is 30.7 Å². The summed E-state index contributed by atoms with van der Waals surface area (Å²) < 4.78 is 4.87. The molecule has 0 spiro atoms. The molecule has 0 bridgehead atoms. The molecule has 3 nitrogen and oxygen atoms in total. The summed E-state index contributed by atoms with van der Waals surface area (Å²) in [6.45, 7) is 4.66. The Balaban J connectivity index is 1.25. The van der Waals surface area contributed by atoms with E-state index in [1.54, 1.807) is 0 Å². The van der Waals surface area contributed by atoms with E-state index in [1.165, 1.54) is 53.2 Å². The average Bonchev–Trinajstić information content (AvgIpc) is 3.74. The first-order chi connectivity index (χ1) is 23.1. The predicted octanol–water partition coefficient (Wildman–Crippen LogP) is 11.6. The number of hydrogen-bond donors (Lipinski definition) is 0. The first-order valence-electron chi connectivity index (χ1n) is 16.1. The highest BCUT2D eigenvalue weighted by Crippen LogP contribution is 2.49. The van der Waals surface area contributed by atoms with Crippen molar-refractivity contribution < 1.29 is 0 Å². The number of aromatic nitrogens is 3. The highest BCUT2D eigenvalue weighted by atomic mass is 32.1. The summed E-state index contributed by atoms with van der Waals surface area (Å²) in [5, 5.41) is 5.07. The number of fused-ring (bicyclic) bond motifs is 10. The Morgan fingerprint density at radius 2 is 1.23 bits per heavy atom. The Kier molecular flexibility index (Phi) is 5.50. The lowest BCUT2D eigenvalue weighted by atomic mass is 9.82. The first kappa shape index (κ1) is 26.6. The van der Waals surface area contributed by atoms with Crippen molar-refractivity contribution in [2.24, 2.45) is 0 Å². The van der Waals surface area contributed by atoms with Gasteiger partial charge in [0, 0.05) is 47.5 Å². The zero-order valence-electron chi connectivity index (χ0n) is 26.0. The zero-order valence-corrected chi connectivity index (χ0v) is 26.8. The minimum Gasteiger partial charge on any atom is -0.278 e. The van der Waals surface area contributed by atoms with E-state index in [0.29, 0.717) is 5.95 Å². The molecule has 0 saturated carbocycles. The van der Waals surface area contributed by atoms with Crippen LogP contribution in [0.25, 0.3) is 81.6 Å². The molecular weight excluding hydrogens is 591 g/mol. The summed E-state index contributed by atoms with van der Waals surface area (Å²) in [5.74, 6) is 0.677. The van der Waals surface area contributed by atoms with Crippen LogP contribution in [0.2, 0.25) is 0 Å². The quantitative estimate of drug-likeness (QED) is 0.197. The van der Waals surface area contributed by atoms with Gasteiger partial charge in [-0.2, -0.15) is 0 Å². The van der Waals surface area contributed by atoms with Crippen molar-refractivity contribution in [3.05, 3.63) is 151 Å². The molecule has 0 aliphatic heterocycles. The predicted molar refractivity (Wildman–Crippen MR) is 198 cm³/mol. The molecule has 0 fully saturated rings. The maximum absolute atomic E-state index is 5.37. The van der Waals surface area contributed by atoms with Crippen molar-refractivity contribution in [2.75, 3.05) is 0 Å². The van der Waals surface area contributed by atoms with Crippen molar-refractivity contribution >= 4 is 53.3 Å². The summed E-state index contributed by atoms with van der Waals surface area (Å²) in [6, 6.07) is 50.2. The number of thiophene rings is 1. The van der Waals surface area contributed by atoms with E-state index in [0.717, 1.165) is 33.5 Å². The molecular formula is C43H29N3S. The minimum atomic E-state index is -0.0947. The molecule has 0 unspecified atom stereocenters. The van der Waals surface area contributed by atoms with Gasteiger partial charge in [0.2, 0.25) is 5.95 Å². The van der Waals surface area contributed by atoms with Gasteiger partial charge in [-0.25, -0.2) is 9.97 Å². The molecule has 9 aromatic rings. The number of hydrogen-bond acceptors (Lipinski definition) is 3. The van der Waals surface area contributed by atoms with Crippen molar-refractivity contribution in [2.45, 2.75) is 19.3 Å². The van der Waals surface area contributed by atoms with E-state index in [1.807, 2.05) is 11.3 Å². The molecule has 0 radical (unpaired) electrons. The van der Waals surface area contributed by atoms with E-state index in [2.05, 4.69) is 158 Å². The van der Waals surface area contributed by atoms with Gasteiger partial charge in [0.15, 0.2) is 0 Å². The Labute approximate surface area is 276 Å². The van der Waals surface area contributed by atoms with E-state index in [9.17, 15) is 0 Å². The van der Waals surface area contributed by atoms with E-state index < -0.39 is 0 Å². The fraction of sp³-hybridized carbons (Fsp3) is 0.0698. The molecule has 1 aliphatic rings. The standard InChI is InChI=1S/C43H29N3S/c1-43(2)33-17-9-6-14-28(33)29-21-20-27(24-34(29)43)36-25-35(26-12-4-3-5-13-26)44-42(45-36)46-37-18-10-7-16-32(37)40-38(46)23-22-31-30-15-8-11-19-39(30)47-41(31)40/h3-25H,1-2H3. The Morgan fingerprint density at radius 3 is 2.11 bits per heavy atom. The summed E-state index contributed by atoms with van der Waals surface area (Å²) in [7, 11) is 0. The first-order valence-corrected chi connectivity index (χ1v) is 16.9. The van der Waals surface area contributed by atoms with Crippen LogP contribution < -0.4 is 0 Å². The van der Waals surface area contributed by atoms with Crippen LogP contribution in [0.1, 0.15) is 25.0 Å². The lowest BCUT2D eigenvalue weighted by Gasteiger charge is -2.22. The molecule has 1 aliphatic carbocycles. The summed E-state index contributed by atoms with van der Waals surface area (Å²) >= 11 is 1.87. The van der Waals surface area contributed by atoms with Gasteiger partial charge in [-0.15, -0.1) is 11.3 Å². The normalized spacial score (nSPS) is 13.5. The van der Waals surface area contributed by atoms with Gasteiger partial charge in [-0.05, 0) is 52.6 Å². The van der Waals surface area contributed by atoms with Gasteiger partial charge in [-0.3, -0.25) is 4.57 Å². The summed E-state index contributed by atoms with van der Waals surface area (Å²) in [4.78, 5) is 10.7. The van der Waals surface area contributed by atoms with E-state index in [-0.39, 0.29) is 5.41 Å². The zero-order chi connectivity index (χ0) is 31.3. The molecule has 47 heavy (non-hydrogen) atoms. The molecule has 0 saturated heterocycles. The van der Waals surface area contributed by atoms with Gasteiger partial charge in [0.05, 0.1) is 22.4 Å². The van der Waals surface area contributed by atoms with Crippen molar-refractivity contribution in [1.82, 2.24) is 14.5 Å². The van der Waals surface area contributed by atoms with Crippen LogP contribution in [-0.4, -0.2) is 14.5 Å². The Morgan fingerprint density at radius 1 is 0.532 bits per heavy atom. The van der Waals surface area contributed by atoms with Gasteiger partial charge in [0.25, 0.3) is 0 Å². The second-order valence-electron chi connectivity index (χ2n) is 13.0. The number of benzene rings is 6. The molecule has 0 atom stereocenters. The highest BCUT2D eigenvalue weighted by Gasteiger charge is 2.35. The van der Waals surface area contributed by atoms with Crippen LogP contribution in [0.15, 0.2) is 140 Å². The number of para-hydroxylation sites is 1. The second-order valence-corrected chi connectivity index (χ2v) is 14.1. The SMILES string of the molecule is CC1(C)c2ccccc2-c2ccc(-c3cc(-c4ccccc4)nc(-n4c5ccccc5c5c6sc7ccccc7c6ccc54)n3)cc21. The van der Waals surface area contributed by atoms with Crippen LogP contribution in [0.4, 0.5) is 0 Å². The molecule has 4 heteroatoms. The highest BCUT2D eigenvalue weighted by molar-refractivity contribution is 7.26. The molecule has 3 heterocycles. The van der Waals surface area contributed by atoms with Gasteiger partial charge >= 0.3 is 0 Å².